The van der Waals surface area contributed by atoms with Gasteiger partial charge >= 0.3 is 0 Å². The van der Waals surface area contributed by atoms with E-state index in [4.69, 9.17) is 23.8 Å². The van der Waals surface area contributed by atoms with E-state index in [-0.39, 0.29) is 5.69 Å². The predicted octanol–water partition coefficient (Wildman–Crippen LogP) is 4.90. The Bertz CT molecular complexity index is 793. The van der Waals surface area contributed by atoms with Gasteiger partial charge in [0.2, 0.25) is 0 Å². The topological polar surface area (TPSA) is 58.4 Å². The maximum Gasteiger partial charge on any atom is 0.271 e. The van der Waals surface area contributed by atoms with E-state index in [0.29, 0.717) is 21.7 Å². The lowest BCUT2D eigenvalue weighted by Gasteiger charge is -2.34. The van der Waals surface area contributed by atoms with E-state index in [9.17, 15) is 10.1 Å². The molecule has 26 heavy (non-hydrogen) atoms. The second-order valence-electron chi connectivity index (χ2n) is 6.47. The summed E-state index contributed by atoms with van der Waals surface area (Å²) in [4.78, 5) is 12.6. The molecule has 0 saturated carbocycles. The first-order chi connectivity index (χ1) is 12.5. The van der Waals surface area contributed by atoms with Gasteiger partial charge in [0.1, 0.15) is 0 Å². The fourth-order valence-electron chi connectivity index (χ4n) is 3.20. The molecule has 136 valence electrons. The average Bonchev–Trinajstić information content (AvgIpc) is 2.64. The Labute approximate surface area is 163 Å². The minimum atomic E-state index is -0.445. The van der Waals surface area contributed by atoms with Crippen LogP contribution in [0.2, 0.25) is 5.02 Å². The second kappa shape index (κ2) is 8.47. The van der Waals surface area contributed by atoms with Gasteiger partial charge in [0.25, 0.3) is 5.69 Å². The maximum absolute atomic E-state index is 10.9. The highest BCUT2D eigenvalue weighted by molar-refractivity contribution is 7.80. The van der Waals surface area contributed by atoms with Crippen molar-refractivity contribution in [1.29, 1.82) is 0 Å². The van der Waals surface area contributed by atoms with E-state index in [1.807, 2.05) is 6.07 Å². The normalized spacial score (nSPS) is 14.9. The molecule has 0 radical (unpaired) electrons. The average molecular weight is 390 g/mol. The van der Waals surface area contributed by atoms with Gasteiger partial charge in [-0.25, -0.2) is 0 Å². The molecule has 0 atom stereocenters. The molecule has 1 aliphatic heterocycles. The van der Waals surface area contributed by atoms with Crippen LogP contribution >= 0.6 is 23.8 Å². The Hall–Kier alpha value is -2.18. The Morgan fingerprint density at radius 1 is 1.23 bits per heavy atom. The summed E-state index contributed by atoms with van der Waals surface area (Å²) in [6.45, 7) is 1.74. The molecule has 1 aliphatic rings. The van der Waals surface area contributed by atoms with Crippen LogP contribution in [0.25, 0.3) is 0 Å². The van der Waals surface area contributed by atoms with E-state index < -0.39 is 4.92 Å². The van der Waals surface area contributed by atoms with Gasteiger partial charge in [0, 0.05) is 25.2 Å². The molecule has 0 amide bonds. The molecule has 1 fully saturated rings. The highest BCUT2D eigenvalue weighted by atomic mass is 35.5. The third-order valence-electron chi connectivity index (χ3n) is 4.67. The van der Waals surface area contributed by atoms with Crippen LogP contribution in [0.15, 0.2) is 48.5 Å². The first kappa shape index (κ1) is 18.6. The molecule has 1 heterocycles. The standard InChI is InChI=1S/C19H20ClN3O2S/c20-17-7-6-16(23(24)25)13-18(17)21-19(26)22-10-8-15(9-11-22)12-14-4-2-1-3-5-14/h1-7,13,15H,8-12H2,(H,21,26). The van der Waals surface area contributed by atoms with Crippen LogP contribution in [-0.4, -0.2) is 28.0 Å². The zero-order valence-corrected chi connectivity index (χ0v) is 15.8. The summed E-state index contributed by atoms with van der Waals surface area (Å²) in [5.74, 6) is 0.651. The van der Waals surface area contributed by atoms with Crippen LogP contribution in [0.4, 0.5) is 11.4 Å². The van der Waals surface area contributed by atoms with Crippen molar-refractivity contribution in [3.63, 3.8) is 0 Å². The summed E-state index contributed by atoms with van der Waals surface area (Å²) < 4.78 is 0. The van der Waals surface area contributed by atoms with Crippen molar-refractivity contribution in [2.45, 2.75) is 19.3 Å². The van der Waals surface area contributed by atoms with Gasteiger partial charge in [-0.3, -0.25) is 10.1 Å². The van der Waals surface area contributed by atoms with Crippen molar-refractivity contribution in [3.8, 4) is 0 Å². The number of thiocarbonyl (C=S) groups is 1. The quantitative estimate of drug-likeness (QED) is 0.458. The Morgan fingerprint density at radius 3 is 2.58 bits per heavy atom. The number of hydrogen-bond acceptors (Lipinski definition) is 3. The summed E-state index contributed by atoms with van der Waals surface area (Å²) in [6.07, 6.45) is 3.23. The van der Waals surface area contributed by atoms with Crippen molar-refractivity contribution in [2.24, 2.45) is 5.92 Å². The number of nitro groups is 1. The summed E-state index contributed by atoms with van der Waals surface area (Å²) in [5.41, 5.74) is 1.83. The summed E-state index contributed by atoms with van der Waals surface area (Å²) in [7, 11) is 0. The van der Waals surface area contributed by atoms with E-state index in [1.54, 1.807) is 0 Å². The molecule has 2 aromatic rings. The van der Waals surface area contributed by atoms with Crippen molar-refractivity contribution >= 4 is 40.3 Å². The maximum atomic E-state index is 10.9. The van der Waals surface area contributed by atoms with Gasteiger partial charge in [0.15, 0.2) is 5.11 Å². The largest absolute Gasteiger partial charge is 0.349 e. The molecule has 7 heteroatoms. The minimum absolute atomic E-state index is 0.0127. The highest BCUT2D eigenvalue weighted by Crippen LogP contribution is 2.28. The molecule has 0 aromatic heterocycles. The fourth-order valence-corrected chi connectivity index (χ4v) is 3.66. The van der Waals surface area contributed by atoms with Gasteiger partial charge < -0.3 is 10.2 Å². The summed E-state index contributed by atoms with van der Waals surface area (Å²) in [5, 5.41) is 15.0. The second-order valence-corrected chi connectivity index (χ2v) is 7.27. The van der Waals surface area contributed by atoms with E-state index >= 15 is 0 Å². The predicted molar refractivity (Wildman–Crippen MR) is 109 cm³/mol. The first-order valence-corrected chi connectivity index (χ1v) is 9.35. The number of anilines is 1. The smallest absolute Gasteiger partial charge is 0.271 e. The Morgan fingerprint density at radius 2 is 1.92 bits per heavy atom. The van der Waals surface area contributed by atoms with Crippen molar-refractivity contribution in [3.05, 3.63) is 69.2 Å². The third-order valence-corrected chi connectivity index (χ3v) is 5.36. The van der Waals surface area contributed by atoms with E-state index in [1.165, 1.54) is 23.8 Å². The lowest BCUT2D eigenvalue weighted by atomic mass is 9.90. The number of hydrogen-bond donors (Lipinski definition) is 1. The molecule has 1 saturated heterocycles. The summed E-state index contributed by atoms with van der Waals surface area (Å²) >= 11 is 11.6. The van der Waals surface area contributed by atoms with Gasteiger partial charge in [-0.1, -0.05) is 41.9 Å². The van der Waals surface area contributed by atoms with Gasteiger partial charge in [-0.15, -0.1) is 0 Å². The molecule has 0 aliphatic carbocycles. The third kappa shape index (κ3) is 4.71. The molecule has 2 aromatic carbocycles. The van der Waals surface area contributed by atoms with Crippen LogP contribution in [0, 0.1) is 16.0 Å². The van der Waals surface area contributed by atoms with Crippen molar-refractivity contribution in [1.82, 2.24) is 4.90 Å². The molecule has 0 spiro atoms. The Balaban J connectivity index is 1.55. The van der Waals surface area contributed by atoms with Crippen LogP contribution in [-0.2, 0) is 6.42 Å². The lowest BCUT2D eigenvalue weighted by Crippen LogP contribution is -2.41. The number of likely N-dealkylation sites (tertiary alicyclic amines) is 1. The molecule has 5 nitrogen and oxygen atoms in total. The lowest BCUT2D eigenvalue weighted by molar-refractivity contribution is -0.384. The highest BCUT2D eigenvalue weighted by Gasteiger charge is 2.22. The molecule has 3 rings (SSSR count). The number of benzene rings is 2. The number of piperidine rings is 1. The SMILES string of the molecule is O=[N+]([O-])c1ccc(Cl)c(NC(=S)N2CCC(Cc3ccccc3)CC2)c1. The van der Waals surface area contributed by atoms with Crippen molar-refractivity contribution < 1.29 is 4.92 Å². The van der Waals surface area contributed by atoms with Crippen LogP contribution < -0.4 is 5.32 Å². The number of nitrogens with zero attached hydrogens (tertiary/aromatic N) is 2. The van der Waals surface area contributed by atoms with Crippen LogP contribution in [0.5, 0.6) is 0 Å². The van der Waals surface area contributed by atoms with Crippen molar-refractivity contribution in [2.75, 3.05) is 18.4 Å². The number of halogens is 1. The van der Waals surface area contributed by atoms with E-state index in [2.05, 4.69) is 34.5 Å². The number of non-ortho nitro benzene ring substituents is 1. The molecular weight excluding hydrogens is 370 g/mol. The number of nitro benzene ring substituents is 1. The number of rotatable bonds is 4. The molecule has 0 unspecified atom stereocenters. The monoisotopic (exact) mass is 389 g/mol. The zero-order chi connectivity index (χ0) is 18.5. The summed E-state index contributed by atoms with van der Waals surface area (Å²) in [6, 6.07) is 14.8. The number of nitrogens with one attached hydrogen (secondary N) is 1. The van der Waals surface area contributed by atoms with Crippen LogP contribution in [0.1, 0.15) is 18.4 Å². The zero-order valence-electron chi connectivity index (χ0n) is 14.2. The van der Waals surface area contributed by atoms with Gasteiger partial charge in [-0.05, 0) is 49.0 Å². The minimum Gasteiger partial charge on any atom is -0.349 e. The fraction of sp³-hybridized carbons (Fsp3) is 0.316. The molecule has 0 bridgehead atoms. The van der Waals surface area contributed by atoms with Gasteiger partial charge in [0.05, 0.1) is 15.6 Å². The van der Waals surface area contributed by atoms with Crippen LogP contribution in [0.3, 0.4) is 0 Å². The molecule has 1 N–H and O–H groups in total. The Kier molecular flexibility index (Phi) is 6.06. The molecular formula is C19H20ClN3O2S. The first-order valence-electron chi connectivity index (χ1n) is 8.56. The van der Waals surface area contributed by atoms with E-state index in [0.717, 1.165) is 32.4 Å². The van der Waals surface area contributed by atoms with Gasteiger partial charge in [-0.2, -0.15) is 0 Å².